The van der Waals surface area contributed by atoms with E-state index in [-0.39, 0.29) is 0 Å². The van der Waals surface area contributed by atoms with E-state index >= 15 is 0 Å². The average Bonchev–Trinajstić information content (AvgIpc) is 2.95. The van der Waals surface area contributed by atoms with Crippen LogP contribution in [0.1, 0.15) is 24.1 Å². The lowest BCUT2D eigenvalue weighted by molar-refractivity contribution is 0.146. The lowest BCUT2D eigenvalue weighted by Gasteiger charge is -2.08. The molecule has 0 bridgehead atoms. The van der Waals surface area contributed by atoms with Crippen LogP contribution in [0.25, 0.3) is 0 Å². The van der Waals surface area contributed by atoms with Gasteiger partial charge in [-0.25, -0.2) is 26.0 Å². The van der Waals surface area contributed by atoms with E-state index in [4.69, 9.17) is 0 Å². The molecule has 11 heteroatoms. The quantitative estimate of drug-likeness (QED) is 0.848. The molecule has 0 aromatic carbocycles. The maximum Gasteiger partial charge on any atom is 0.284 e. The summed E-state index contributed by atoms with van der Waals surface area (Å²) in [5, 5.41) is 5.44. The molecule has 0 fully saturated rings. The number of nitrogens with zero attached hydrogens (tertiary/aromatic N) is 2. The lowest BCUT2D eigenvalue weighted by atomic mass is 10.4. The average molecular weight is 343 g/mol. The first-order valence-corrected chi connectivity index (χ1v) is 7.83. The third-order valence-electron chi connectivity index (χ3n) is 2.49. The van der Waals surface area contributed by atoms with Gasteiger partial charge in [0, 0.05) is 29.6 Å². The summed E-state index contributed by atoms with van der Waals surface area (Å²) >= 11 is 0.780. The van der Waals surface area contributed by atoms with Crippen molar-refractivity contribution >= 4 is 27.0 Å². The fourth-order valence-electron chi connectivity index (χ4n) is 1.62. The molecule has 0 aliphatic heterocycles. The van der Waals surface area contributed by atoms with Gasteiger partial charge in [-0.3, -0.25) is 9.40 Å². The molecule has 0 atom stereocenters. The van der Waals surface area contributed by atoms with Crippen LogP contribution < -0.4 is 4.72 Å². The molecule has 0 amide bonds. The van der Waals surface area contributed by atoms with E-state index in [9.17, 15) is 26.0 Å². The molecule has 21 heavy (non-hydrogen) atoms. The standard InChI is InChI=1S/C10H9F4N3O2S2/c1-17-2-6(8(15-17)10(13)14)16-21(18,19)7-4-20-3-5(7)9(11)12/h2-4,9-10,16H,1H3. The van der Waals surface area contributed by atoms with Crippen molar-refractivity contribution in [3.05, 3.63) is 28.2 Å². The highest BCUT2D eigenvalue weighted by molar-refractivity contribution is 7.93. The molecule has 0 saturated heterocycles. The Labute approximate surface area is 121 Å². The zero-order valence-electron chi connectivity index (χ0n) is 10.4. The molecule has 0 aliphatic carbocycles. The summed E-state index contributed by atoms with van der Waals surface area (Å²) in [6.45, 7) is 0. The highest BCUT2D eigenvalue weighted by Gasteiger charge is 2.27. The maximum atomic E-state index is 12.7. The number of rotatable bonds is 5. The van der Waals surface area contributed by atoms with Gasteiger partial charge in [-0.1, -0.05) is 0 Å². The topological polar surface area (TPSA) is 64.0 Å². The maximum absolute atomic E-state index is 12.7. The van der Waals surface area contributed by atoms with Crippen molar-refractivity contribution in [2.45, 2.75) is 17.7 Å². The fourth-order valence-corrected chi connectivity index (χ4v) is 4.09. The molecule has 2 rings (SSSR count). The zero-order chi connectivity index (χ0) is 15.8. The van der Waals surface area contributed by atoms with Gasteiger partial charge < -0.3 is 0 Å². The number of alkyl halides is 4. The number of aromatic nitrogens is 2. The molecule has 0 unspecified atom stereocenters. The van der Waals surface area contributed by atoms with E-state index in [0.29, 0.717) is 0 Å². The van der Waals surface area contributed by atoms with Gasteiger partial charge >= 0.3 is 0 Å². The summed E-state index contributed by atoms with van der Waals surface area (Å²) in [5.74, 6) is 0. The molecule has 2 aromatic heterocycles. The van der Waals surface area contributed by atoms with Crippen molar-refractivity contribution in [2.24, 2.45) is 7.05 Å². The van der Waals surface area contributed by atoms with Crippen molar-refractivity contribution in [3.63, 3.8) is 0 Å². The minimum absolute atomic E-state index is 0.445. The molecule has 0 aliphatic rings. The number of aryl methyl sites for hydroxylation is 1. The van der Waals surface area contributed by atoms with Gasteiger partial charge in [-0.15, -0.1) is 0 Å². The van der Waals surface area contributed by atoms with Gasteiger partial charge in [0.05, 0.1) is 5.69 Å². The number of halogens is 4. The Morgan fingerprint density at radius 3 is 2.48 bits per heavy atom. The van der Waals surface area contributed by atoms with Crippen molar-refractivity contribution in [1.29, 1.82) is 0 Å². The van der Waals surface area contributed by atoms with Gasteiger partial charge in [0.2, 0.25) is 0 Å². The number of hydrogen-bond acceptors (Lipinski definition) is 4. The molecule has 1 N–H and O–H groups in total. The summed E-state index contributed by atoms with van der Waals surface area (Å²) < 4.78 is 77.9. The number of nitrogens with one attached hydrogen (secondary N) is 1. The van der Waals surface area contributed by atoms with Crippen LogP contribution >= 0.6 is 11.3 Å². The van der Waals surface area contributed by atoms with E-state index < -0.39 is 44.7 Å². The Hall–Kier alpha value is -1.62. The number of sulfonamides is 1. The smallest absolute Gasteiger partial charge is 0.276 e. The molecule has 2 heterocycles. The van der Waals surface area contributed by atoms with Gasteiger partial charge in [0.15, 0.2) is 5.69 Å². The van der Waals surface area contributed by atoms with Crippen molar-refractivity contribution in [1.82, 2.24) is 9.78 Å². The van der Waals surface area contributed by atoms with Crippen molar-refractivity contribution in [2.75, 3.05) is 4.72 Å². The Morgan fingerprint density at radius 1 is 1.24 bits per heavy atom. The first-order valence-electron chi connectivity index (χ1n) is 5.41. The van der Waals surface area contributed by atoms with Crippen LogP contribution in [0, 0.1) is 0 Å². The Morgan fingerprint density at radius 2 is 1.90 bits per heavy atom. The Balaban J connectivity index is 2.40. The first kappa shape index (κ1) is 15.8. The molecule has 0 spiro atoms. The predicted molar refractivity (Wildman–Crippen MR) is 68.2 cm³/mol. The van der Waals surface area contributed by atoms with Gasteiger partial charge in [0.25, 0.3) is 22.9 Å². The minimum Gasteiger partial charge on any atom is -0.276 e. The second-order valence-electron chi connectivity index (χ2n) is 4.00. The summed E-state index contributed by atoms with van der Waals surface area (Å²) in [6, 6.07) is 0. The van der Waals surface area contributed by atoms with Crippen LogP contribution in [-0.2, 0) is 17.1 Å². The van der Waals surface area contributed by atoms with Crippen LogP contribution in [0.15, 0.2) is 21.9 Å². The normalized spacial score (nSPS) is 12.3. The summed E-state index contributed by atoms with van der Waals surface area (Å²) in [7, 11) is -3.06. The van der Waals surface area contributed by atoms with Crippen LogP contribution in [0.5, 0.6) is 0 Å². The Kier molecular flexibility index (Phi) is 4.23. The fraction of sp³-hybridized carbons (Fsp3) is 0.300. The summed E-state index contributed by atoms with van der Waals surface area (Å²) in [4.78, 5) is -0.633. The van der Waals surface area contributed by atoms with E-state index in [0.717, 1.165) is 33.0 Å². The van der Waals surface area contributed by atoms with E-state index in [1.54, 1.807) is 0 Å². The molecular formula is C10H9F4N3O2S2. The zero-order valence-corrected chi connectivity index (χ0v) is 12.1. The third-order valence-corrected chi connectivity index (χ3v) is 4.82. The molecule has 116 valence electrons. The Bertz CT molecular complexity index is 739. The van der Waals surface area contributed by atoms with E-state index in [2.05, 4.69) is 5.10 Å². The van der Waals surface area contributed by atoms with Crippen LogP contribution in [0.3, 0.4) is 0 Å². The summed E-state index contributed by atoms with van der Waals surface area (Å²) in [5.41, 5.74) is -1.89. The highest BCUT2D eigenvalue weighted by Crippen LogP contribution is 2.32. The third kappa shape index (κ3) is 3.18. The highest BCUT2D eigenvalue weighted by atomic mass is 32.2. The molecule has 5 nitrogen and oxygen atoms in total. The molecule has 0 saturated carbocycles. The van der Waals surface area contributed by atoms with E-state index in [1.807, 2.05) is 4.72 Å². The largest absolute Gasteiger partial charge is 0.284 e. The number of thiophene rings is 1. The SMILES string of the molecule is Cn1cc(NS(=O)(=O)c2cscc2C(F)F)c(C(F)F)n1. The molecule has 0 radical (unpaired) electrons. The lowest BCUT2D eigenvalue weighted by Crippen LogP contribution is -2.14. The van der Waals surface area contributed by atoms with Gasteiger partial charge in [-0.2, -0.15) is 16.4 Å². The van der Waals surface area contributed by atoms with Gasteiger partial charge in [0.1, 0.15) is 4.90 Å². The van der Waals surface area contributed by atoms with Crippen LogP contribution in [0.2, 0.25) is 0 Å². The number of anilines is 1. The van der Waals surface area contributed by atoms with Crippen molar-refractivity contribution in [3.8, 4) is 0 Å². The second kappa shape index (κ2) is 5.64. The van der Waals surface area contributed by atoms with E-state index in [1.165, 1.54) is 7.05 Å². The van der Waals surface area contributed by atoms with Crippen LogP contribution in [-0.4, -0.2) is 18.2 Å². The first-order chi connectivity index (χ1) is 9.72. The molecular weight excluding hydrogens is 334 g/mol. The predicted octanol–water partition coefficient (Wildman–Crippen LogP) is 3.16. The monoisotopic (exact) mass is 343 g/mol. The van der Waals surface area contributed by atoms with Gasteiger partial charge in [-0.05, 0) is 0 Å². The summed E-state index contributed by atoms with van der Waals surface area (Å²) in [6.07, 6.45) is -4.94. The molecule has 2 aromatic rings. The van der Waals surface area contributed by atoms with Crippen LogP contribution in [0.4, 0.5) is 23.2 Å². The minimum atomic E-state index is -4.39. The second-order valence-corrected chi connectivity index (χ2v) is 6.39. The van der Waals surface area contributed by atoms with Crippen molar-refractivity contribution < 1.29 is 26.0 Å². The number of hydrogen-bond donors (Lipinski definition) is 1.